The molecule has 1 aliphatic heterocycles. The Morgan fingerprint density at radius 3 is 3.05 bits per heavy atom. The third-order valence-electron chi connectivity index (χ3n) is 3.16. The minimum absolute atomic E-state index is 0.0167. The van der Waals surface area contributed by atoms with Gasteiger partial charge in [0, 0.05) is 30.8 Å². The number of nitrogens with zero attached hydrogens (tertiary/aromatic N) is 1. The molecule has 1 aromatic carbocycles. The molecular weight excluding hydrogens is 247 g/mol. The van der Waals surface area contributed by atoms with E-state index in [9.17, 15) is 9.18 Å². The van der Waals surface area contributed by atoms with Crippen molar-refractivity contribution >= 4 is 11.7 Å². The van der Waals surface area contributed by atoms with E-state index in [4.69, 9.17) is 0 Å². The quantitative estimate of drug-likeness (QED) is 0.765. The summed E-state index contributed by atoms with van der Waals surface area (Å²) in [7, 11) is 0. The third-order valence-corrected chi connectivity index (χ3v) is 3.16. The number of halogens is 1. The molecule has 2 aromatic rings. The number of H-pyrrole nitrogens is 1. The van der Waals surface area contributed by atoms with Gasteiger partial charge in [-0.15, -0.1) is 0 Å². The SMILES string of the molecule is O=C(Nc1n[nH]c2c1CNCC2)c1ccccc1F. The summed E-state index contributed by atoms with van der Waals surface area (Å²) in [4.78, 5) is 12.0. The molecule has 1 aromatic heterocycles. The number of aromatic nitrogens is 2. The molecule has 5 nitrogen and oxygen atoms in total. The largest absolute Gasteiger partial charge is 0.312 e. The van der Waals surface area contributed by atoms with Crippen LogP contribution < -0.4 is 10.6 Å². The van der Waals surface area contributed by atoms with Crippen LogP contribution in [-0.4, -0.2) is 22.6 Å². The zero-order valence-electron chi connectivity index (χ0n) is 10.2. The van der Waals surface area contributed by atoms with Crippen molar-refractivity contribution in [1.82, 2.24) is 15.5 Å². The van der Waals surface area contributed by atoms with Crippen molar-refractivity contribution in [3.05, 3.63) is 46.9 Å². The highest BCUT2D eigenvalue weighted by atomic mass is 19.1. The summed E-state index contributed by atoms with van der Waals surface area (Å²) in [6.07, 6.45) is 0.845. The first-order valence-electron chi connectivity index (χ1n) is 6.08. The van der Waals surface area contributed by atoms with E-state index in [1.165, 1.54) is 12.1 Å². The molecule has 1 aliphatic rings. The second kappa shape index (κ2) is 4.81. The summed E-state index contributed by atoms with van der Waals surface area (Å²) in [5, 5.41) is 12.8. The van der Waals surface area contributed by atoms with Crippen LogP contribution >= 0.6 is 0 Å². The molecule has 0 aliphatic carbocycles. The molecule has 0 saturated carbocycles. The number of amides is 1. The van der Waals surface area contributed by atoms with Crippen LogP contribution in [0.15, 0.2) is 24.3 Å². The molecule has 0 radical (unpaired) electrons. The number of hydrogen-bond donors (Lipinski definition) is 3. The van der Waals surface area contributed by atoms with Gasteiger partial charge in [-0.05, 0) is 12.1 Å². The summed E-state index contributed by atoms with van der Waals surface area (Å²) in [5.41, 5.74) is 1.97. The summed E-state index contributed by atoms with van der Waals surface area (Å²) < 4.78 is 13.5. The van der Waals surface area contributed by atoms with Crippen LogP contribution in [0, 0.1) is 5.82 Å². The highest BCUT2D eigenvalue weighted by molar-refractivity contribution is 6.04. The molecule has 3 rings (SSSR count). The first kappa shape index (κ1) is 11.9. The topological polar surface area (TPSA) is 69.8 Å². The molecule has 98 valence electrons. The molecule has 0 bridgehead atoms. The van der Waals surface area contributed by atoms with Crippen molar-refractivity contribution in [2.45, 2.75) is 13.0 Å². The molecule has 0 atom stereocenters. The van der Waals surface area contributed by atoms with E-state index in [0.29, 0.717) is 12.4 Å². The smallest absolute Gasteiger partial charge is 0.259 e. The van der Waals surface area contributed by atoms with Crippen LogP contribution in [0.25, 0.3) is 0 Å². The van der Waals surface area contributed by atoms with E-state index >= 15 is 0 Å². The first-order valence-corrected chi connectivity index (χ1v) is 6.08. The van der Waals surface area contributed by atoms with E-state index in [1.54, 1.807) is 12.1 Å². The number of nitrogens with one attached hydrogen (secondary N) is 3. The summed E-state index contributed by atoms with van der Waals surface area (Å²) in [5.74, 6) is -0.559. The van der Waals surface area contributed by atoms with Crippen LogP contribution in [0.1, 0.15) is 21.6 Å². The van der Waals surface area contributed by atoms with Crippen molar-refractivity contribution in [1.29, 1.82) is 0 Å². The van der Waals surface area contributed by atoms with E-state index in [2.05, 4.69) is 20.8 Å². The minimum atomic E-state index is -0.539. The van der Waals surface area contributed by atoms with Gasteiger partial charge in [0.1, 0.15) is 5.82 Å². The maximum Gasteiger partial charge on any atom is 0.259 e. The van der Waals surface area contributed by atoms with Crippen molar-refractivity contribution < 1.29 is 9.18 Å². The Labute approximate surface area is 109 Å². The van der Waals surface area contributed by atoms with Crippen LogP contribution in [-0.2, 0) is 13.0 Å². The molecule has 3 N–H and O–H groups in total. The normalized spacial score (nSPS) is 13.9. The minimum Gasteiger partial charge on any atom is -0.312 e. The monoisotopic (exact) mass is 260 g/mol. The molecule has 0 spiro atoms. The summed E-state index contributed by atoms with van der Waals surface area (Å²) in [6, 6.07) is 5.88. The number of carbonyl (C=O) groups is 1. The number of aromatic amines is 1. The van der Waals surface area contributed by atoms with Crippen LogP contribution in [0.2, 0.25) is 0 Å². The van der Waals surface area contributed by atoms with E-state index in [-0.39, 0.29) is 5.56 Å². The second-order valence-electron chi connectivity index (χ2n) is 4.39. The van der Waals surface area contributed by atoms with Crippen molar-refractivity contribution in [2.75, 3.05) is 11.9 Å². The van der Waals surface area contributed by atoms with E-state index in [0.717, 1.165) is 24.2 Å². The van der Waals surface area contributed by atoms with Gasteiger partial charge in [-0.2, -0.15) is 5.10 Å². The predicted molar refractivity (Wildman–Crippen MR) is 68.4 cm³/mol. The molecule has 0 unspecified atom stereocenters. The average Bonchev–Trinajstić information content (AvgIpc) is 2.83. The van der Waals surface area contributed by atoms with Gasteiger partial charge < -0.3 is 10.6 Å². The van der Waals surface area contributed by atoms with Gasteiger partial charge >= 0.3 is 0 Å². The fourth-order valence-corrected chi connectivity index (χ4v) is 2.15. The van der Waals surface area contributed by atoms with Gasteiger partial charge in [0.2, 0.25) is 0 Å². The van der Waals surface area contributed by atoms with Crippen molar-refractivity contribution in [3.8, 4) is 0 Å². The molecule has 6 heteroatoms. The lowest BCUT2D eigenvalue weighted by molar-refractivity contribution is 0.102. The molecule has 19 heavy (non-hydrogen) atoms. The molecule has 2 heterocycles. The van der Waals surface area contributed by atoms with Crippen molar-refractivity contribution in [3.63, 3.8) is 0 Å². The van der Waals surface area contributed by atoms with Gasteiger partial charge in [0.15, 0.2) is 5.82 Å². The van der Waals surface area contributed by atoms with Crippen LogP contribution in [0.3, 0.4) is 0 Å². The highest BCUT2D eigenvalue weighted by Gasteiger charge is 2.19. The number of carbonyl (C=O) groups excluding carboxylic acids is 1. The van der Waals surface area contributed by atoms with Crippen molar-refractivity contribution in [2.24, 2.45) is 0 Å². The van der Waals surface area contributed by atoms with Gasteiger partial charge in [0.25, 0.3) is 5.91 Å². The summed E-state index contributed by atoms with van der Waals surface area (Å²) >= 11 is 0. The highest BCUT2D eigenvalue weighted by Crippen LogP contribution is 2.20. The zero-order chi connectivity index (χ0) is 13.2. The number of benzene rings is 1. The molecule has 0 fully saturated rings. The lowest BCUT2D eigenvalue weighted by atomic mass is 10.1. The molecule has 0 saturated heterocycles. The number of hydrogen-bond acceptors (Lipinski definition) is 3. The van der Waals surface area contributed by atoms with Gasteiger partial charge in [-0.1, -0.05) is 12.1 Å². The van der Waals surface area contributed by atoms with E-state index < -0.39 is 11.7 Å². The maximum atomic E-state index is 13.5. The first-order chi connectivity index (χ1) is 9.25. The third kappa shape index (κ3) is 2.22. The Kier molecular flexibility index (Phi) is 3.00. The lowest BCUT2D eigenvalue weighted by Crippen LogP contribution is -2.24. The van der Waals surface area contributed by atoms with Gasteiger partial charge in [-0.3, -0.25) is 9.89 Å². The zero-order valence-corrected chi connectivity index (χ0v) is 10.2. The summed E-state index contributed by atoms with van der Waals surface area (Å²) in [6.45, 7) is 1.54. The Morgan fingerprint density at radius 1 is 1.37 bits per heavy atom. The standard InChI is InChI=1S/C13H13FN4O/c14-10-4-2-1-3-8(10)13(19)16-12-9-7-15-6-5-11(9)17-18-12/h1-4,15H,5-7H2,(H2,16,17,18,19). The Balaban J connectivity index is 1.84. The predicted octanol–water partition coefficient (Wildman–Crippen LogP) is 1.45. The van der Waals surface area contributed by atoms with Crippen LogP contribution in [0.5, 0.6) is 0 Å². The maximum absolute atomic E-state index is 13.5. The number of anilines is 1. The lowest BCUT2D eigenvalue weighted by Gasteiger charge is -2.13. The van der Waals surface area contributed by atoms with Crippen LogP contribution in [0.4, 0.5) is 10.2 Å². The van der Waals surface area contributed by atoms with Gasteiger partial charge in [0.05, 0.1) is 5.56 Å². The fraction of sp³-hybridized carbons (Fsp3) is 0.231. The Hall–Kier alpha value is -2.21. The molecular formula is C13H13FN4O. The Morgan fingerprint density at radius 2 is 2.21 bits per heavy atom. The fourth-order valence-electron chi connectivity index (χ4n) is 2.15. The number of fused-ring (bicyclic) bond motifs is 1. The van der Waals surface area contributed by atoms with Gasteiger partial charge in [-0.25, -0.2) is 4.39 Å². The molecule has 1 amide bonds. The van der Waals surface area contributed by atoms with E-state index in [1.807, 2.05) is 0 Å². The Bertz CT molecular complexity index is 623. The number of rotatable bonds is 2. The second-order valence-corrected chi connectivity index (χ2v) is 4.39. The average molecular weight is 260 g/mol.